The SMILES string of the molecule is COC(=O)OC(C)Oc1c(C(=O)c2ccc(S(C)(=O)=O)c(C(=O)OC)c2C)cnn1C. The van der Waals surface area contributed by atoms with Gasteiger partial charge in [-0.1, -0.05) is 0 Å². The maximum atomic E-state index is 13.2. The van der Waals surface area contributed by atoms with Gasteiger partial charge in [0.1, 0.15) is 5.56 Å². The molecule has 12 heteroatoms. The van der Waals surface area contributed by atoms with Crippen molar-refractivity contribution in [3.05, 3.63) is 40.6 Å². The summed E-state index contributed by atoms with van der Waals surface area (Å²) in [4.78, 5) is 36.5. The standard InChI is InChI=1S/C19H22N2O9S/c1-10-12(7-8-14(31(6,25)26)15(10)18(23)27-4)16(22)13-9-20-21(3)17(13)29-11(2)30-19(24)28-5/h7-9,11H,1-6H3. The maximum absolute atomic E-state index is 13.2. The molecule has 0 aliphatic carbocycles. The first-order chi connectivity index (χ1) is 14.4. The van der Waals surface area contributed by atoms with E-state index in [4.69, 9.17) is 14.2 Å². The van der Waals surface area contributed by atoms with Gasteiger partial charge in [-0.05, 0) is 24.6 Å². The molecule has 0 fully saturated rings. The van der Waals surface area contributed by atoms with Crippen LogP contribution in [0, 0.1) is 6.92 Å². The Bertz CT molecular complexity index is 1140. The summed E-state index contributed by atoms with van der Waals surface area (Å²) in [7, 11) is -0.0114. The normalized spacial score (nSPS) is 12.1. The van der Waals surface area contributed by atoms with Crippen LogP contribution in [0.25, 0.3) is 0 Å². The van der Waals surface area contributed by atoms with Gasteiger partial charge >= 0.3 is 12.1 Å². The van der Waals surface area contributed by atoms with Crippen LogP contribution >= 0.6 is 0 Å². The Morgan fingerprint density at radius 1 is 1.10 bits per heavy atom. The quantitative estimate of drug-likeness (QED) is 0.344. The minimum Gasteiger partial charge on any atom is -0.465 e. The minimum absolute atomic E-state index is 0.00684. The van der Waals surface area contributed by atoms with Gasteiger partial charge in [-0.2, -0.15) is 5.10 Å². The van der Waals surface area contributed by atoms with E-state index in [0.29, 0.717) is 0 Å². The van der Waals surface area contributed by atoms with Gasteiger partial charge in [0.05, 0.1) is 30.9 Å². The Hall–Kier alpha value is -3.41. The Balaban J connectivity index is 2.54. The second-order valence-electron chi connectivity index (χ2n) is 6.45. The van der Waals surface area contributed by atoms with E-state index in [1.54, 1.807) is 0 Å². The van der Waals surface area contributed by atoms with Gasteiger partial charge in [-0.3, -0.25) is 4.79 Å². The second-order valence-corrected chi connectivity index (χ2v) is 8.43. The summed E-state index contributed by atoms with van der Waals surface area (Å²) in [6.07, 6.45) is 0.113. The summed E-state index contributed by atoms with van der Waals surface area (Å²) in [5, 5.41) is 3.99. The predicted molar refractivity (Wildman–Crippen MR) is 106 cm³/mol. The number of nitrogens with zero attached hydrogens (tertiary/aromatic N) is 2. The predicted octanol–water partition coefficient (Wildman–Crippen LogP) is 1.66. The third-order valence-electron chi connectivity index (χ3n) is 4.30. The number of benzene rings is 1. The van der Waals surface area contributed by atoms with Gasteiger partial charge in [0.15, 0.2) is 15.6 Å². The first-order valence-corrected chi connectivity index (χ1v) is 10.7. The largest absolute Gasteiger partial charge is 0.511 e. The molecule has 0 saturated carbocycles. The van der Waals surface area contributed by atoms with Crippen molar-refractivity contribution >= 4 is 27.7 Å². The van der Waals surface area contributed by atoms with Gasteiger partial charge in [0, 0.05) is 25.8 Å². The van der Waals surface area contributed by atoms with Crippen LogP contribution in [0.3, 0.4) is 0 Å². The Morgan fingerprint density at radius 2 is 1.74 bits per heavy atom. The lowest BCUT2D eigenvalue weighted by Crippen LogP contribution is -2.23. The Kier molecular flexibility index (Phi) is 7.05. The first kappa shape index (κ1) is 23.9. The van der Waals surface area contributed by atoms with E-state index >= 15 is 0 Å². The molecule has 0 aliphatic heterocycles. The van der Waals surface area contributed by atoms with Gasteiger partial charge in [0.25, 0.3) is 0 Å². The number of rotatable bonds is 7. The highest BCUT2D eigenvalue weighted by Gasteiger charge is 2.28. The number of ketones is 1. The van der Waals surface area contributed by atoms with E-state index in [0.717, 1.165) is 20.5 Å². The van der Waals surface area contributed by atoms with Crippen molar-refractivity contribution in [2.45, 2.75) is 25.0 Å². The Morgan fingerprint density at radius 3 is 2.29 bits per heavy atom. The number of ether oxygens (including phenoxy) is 4. The maximum Gasteiger partial charge on any atom is 0.511 e. The molecule has 11 nitrogen and oxygen atoms in total. The van der Waals surface area contributed by atoms with Crippen molar-refractivity contribution in [1.82, 2.24) is 9.78 Å². The summed E-state index contributed by atoms with van der Waals surface area (Å²) in [6.45, 7) is 2.85. The third kappa shape index (κ3) is 5.02. The van der Waals surface area contributed by atoms with Crippen molar-refractivity contribution in [1.29, 1.82) is 0 Å². The zero-order valence-corrected chi connectivity index (χ0v) is 18.6. The monoisotopic (exact) mass is 454 g/mol. The average Bonchev–Trinajstić information content (AvgIpc) is 3.05. The fourth-order valence-electron chi connectivity index (χ4n) is 2.83. The van der Waals surface area contributed by atoms with Crippen LogP contribution in [0.15, 0.2) is 23.2 Å². The second kappa shape index (κ2) is 9.16. The van der Waals surface area contributed by atoms with Crippen molar-refractivity contribution in [2.75, 3.05) is 20.5 Å². The van der Waals surface area contributed by atoms with E-state index in [2.05, 4.69) is 9.84 Å². The number of methoxy groups -OCH3 is 2. The fraction of sp³-hybridized carbons (Fsp3) is 0.368. The van der Waals surface area contributed by atoms with E-state index in [1.807, 2.05) is 0 Å². The number of carbonyl (C=O) groups is 3. The molecule has 1 heterocycles. The van der Waals surface area contributed by atoms with Gasteiger partial charge < -0.3 is 18.9 Å². The number of aryl methyl sites for hydroxylation is 1. The topological polar surface area (TPSA) is 140 Å². The molecule has 31 heavy (non-hydrogen) atoms. The molecule has 1 aromatic heterocycles. The van der Waals surface area contributed by atoms with Gasteiger partial charge in [-0.25, -0.2) is 22.7 Å². The van der Waals surface area contributed by atoms with E-state index < -0.39 is 34.0 Å². The minimum atomic E-state index is -3.77. The molecular weight excluding hydrogens is 432 g/mol. The van der Waals surface area contributed by atoms with Crippen LogP contribution in [0.4, 0.5) is 4.79 Å². The molecule has 168 valence electrons. The molecule has 2 rings (SSSR count). The highest BCUT2D eigenvalue weighted by Crippen LogP contribution is 2.28. The number of hydrogen-bond acceptors (Lipinski definition) is 10. The highest BCUT2D eigenvalue weighted by molar-refractivity contribution is 7.90. The van der Waals surface area contributed by atoms with Gasteiger partial charge in [0.2, 0.25) is 12.2 Å². The molecule has 1 aromatic carbocycles. The van der Waals surface area contributed by atoms with Crippen LogP contribution in [-0.4, -0.2) is 62.9 Å². The van der Waals surface area contributed by atoms with Crippen LogP contribution < -0.4 is 4.74 Å². The number of esters is 1. The van der Waals surface area contributed by atoms with Crippen molar-refractivity contribution < 1.29 is 41.7 Å². The molecule has 0 saturated heterocycles. The van der Waals surface area contributed by atoms with Gasteiger partial charge in [-0.15, -0.1) is 0 Å². The summed E-state index contributed by atoms with van der Waals surface area (Å²) in [5.41, 5.74) is -0.0564. The van der Waals surface area contributed by atoms with Crippen LogP contribution in [-0.2, 0) is 31.1 Å². The molecule has 0 bridgehead atoms. The van der Waals surface area contributed by atoms with Crippen molar-refractivity contribution in [3.63, 3.8) is 0 Å². The number of sulfone groups is 1. The van der Waals surface area contributed by atoms with E-state index in [9.17, 15) is 22.8 Å². The number of aromatic nitrogens is 2. The summed E-state index contributed by atoms with van der Waals surface area (Å²) in [5.74, 6) is -1.49. The summed E-state index contributed by atoms with van der Waals surface area (Å²) >= 11 is 0. The Labute approximate surface area is 178 Å². The van der Waals surface area contributed by atoms with Crippen LogP contribution in [0.5, 0.6) is 5.88 Å². The highest BCUT2D eigenvalue weighted by atomic mass is 32.2. The zero-order valence-electron chi connectivity index (χ0n) is 17.8. The van der Waals surface area contributed by atoms with Crippen molar-refractivity contribution in [3.8, 4) is 5.88 Å². The van der Waals surface area contributed by atoms with E-state index in [1.165, 1.54) is 43.9 Å². The van der Waals surface area contributed by atoms with Crippen LogP contribution in [0.2, 0.25) is 0 Å². The smallest absolute Gasteiger partial charge is 0.465 e. The van der Waals surface area contributed by atoms with Crippen LogP contribution in [0.1, 0.15) is 38.8 Å². The lowest BCUT2D eigenvalue weighted by molar-refractivity contribution is -0.0510. The molecular formula is C19H22N2O9S. The zero-order chi connectivity index (χ0) is 23.5. The molecule has 0 radical (unpaired) electrons. The fourth-order valence-corrected chi connectivity index (χ4v) is 3.75. The summed E-state index contributed by atoms with van der Waals surface area (Å²) < 4.78 is 44.9. The molecule has 0 N–H and O–H groups in total. The average molecular weight is 454 g/mol. The molecule has 0 spiro atoms. The lowest BCUT2D eigenvalue weighted by Gasteiger charge is -2.16. The number of carbonyl (C=O) groups excluding carboxylic acids is 3. The molecule has 2 aromatic rings. The molecule has 1 unspecified atom stereocenters. The van der Waals surface area contributed by atoms with Crippen molar-refractivity contribution in [2.24, 2.45) is 7.05 Å². The molecule has 0 amide bonds. The molecule has 0 aliphatic rings. The van der Waals surface area contributed by atoms with E-state index in [-0.39, 0.29) is 33.0 Å². The number of hydrogen-bond donors (Lipinski definition) is 0. The third-order valence-corrected chi connectivity index (χ3v) is 5.43. The first-order valence-electron chi connectivity index (χ1n) is 8.82. The lowest BCUT2D eigenvalue weighted by atomic mass is 9.96. The molecule has 1 atom stereocenters. The summed E-state index contributed by atoms with van der Waals surface area (Å²) in [6, 6.07) is 2.47.